The van der Waals surface area contributed by atoms with Gasteiger partial charge in [-0.2, -0.15) is 0 Å². The zero-order valence-electron chi connectivity index (χ0n) is 10.6. The molecule has 0 bridgehead atoms. The molecule has 1 saturated heterocycles. The van der Waals surface area contributed by atoms with Crippen molar-refractivity contribution in [1.82, 2.24) is 15.3 Å². The van der Waals surface area contributed by atoms with Gasteiger partial charge >= 0.3 is 0 Å². The topological polar surface area (TPSA) is 75.9 Å². The minimum absolute atomic E-state index is 0. The molecule has 2 aromatic rings. The molecule has 5 nitrogen and oxygen atoms in total. The van der Waals surface area contributed by atoms with E-state index in [2.05, 4.69) is 20.6 Å². The van der Waals surface area contributed by atoms with E-state index in [1.165, 1.54) is 6.42 Å². The van der Waals surface area contributed by atoms with Crippen LogP contribution in [-0.2, 0) is 0 Å². The van der Waals surface area contributed by atoms with Crippen LogP contribution in [0.1, 0.15) is 12.8 Å². The van der Waals surface area contributed by atoms with Crippen LogP contribution in [0.15, 0.2) is 24.3 Å². The molecule has 1 aromatic heterocycles. The number of fused-ring (bicyclic) bond motifs is 1. The number of benzene rings is 1. The van der Waals surface area contributed by atoms with E-state index in [0.717, 1.165) is 30.5 Å². The molecule has 0 saturated carbocycles. The lowest BCUT2D eigenvalue weighted by molar-refractivity contribution is 0.479. The van der Waals surface area contributed by atoms with Gasteiger partial charge in [0, 0.05) is 12.6 Å². The molecule has 0 radical (unpaired) electrons. The molecule has 1 aliphatic rings. The van der Waals surface area contributed by atoms with E-state index in [9.17, 15) is 0 Å². The lowest BCUT2D eigenvalue weighted by Gasteiger charge is -2.24. The maximum atomic E-state index is 5.95. The summed E-state index contributed by atoms with van der Waals surface area (Å²) >= 11 is 0. The third-order valence-corrected chi connectivity index (χ3v) is 3.24. The molecule has 1 aromatic carbocycles. The van der Waals surface area contributed by atoms with Crippen molar-refractivity contribution in [3.63, 3.8) is 0 Å². The van der Waals surface area contributed by atoms with E-state index in [-0.39, 0.29) is 12.4 Å². The Labute approximate surface area is 118 Å². The van der Waals surface area contributed by atoms with E-state index in [4.69, 9.17) is 5.73 Å². The van der Waals surface area contributed by atoms with Gasteiger partial charge in [-0.3, -0.25) is 0 Å². The van der Waals surface area contributed by atoms with Crippen molar-refractivity contribution in [3.05, 3.63) is 24.3 Å². The summed E-state index contributed by atoms with van der Waals surface area (Å²) in [6.45, 7) is 2.05. The van der Waals surface area contributed by atoms with Gasteiger partial charge in [0.15, 0.2) is 11.6 Å². The molecule has 0 amide bonds. The average molecular weight is 280 g/mol. The number of rotatable bonds is 2. The lowest BCUT2D eigenvalue weighted by atomic mass is 10.1. The smallest absolute Gasteiger partial charge is 0.169 e. The fourth-order valence-electron chi connectivity index (χ4n) is 2.29. The van der Waals surface area contributed by atoms with Crippen molar-refractivity contribution in [2.45, 2.75) is 18.9 Å². The van der Waals surface area contributed by atoms with Crippen LogP contribution in [-0.4, -0.2) is 29.1 Å². The SMILES string of the molecule is Cl.Nc1nc2ccccc2nc1NC1CCCNC1. The second-order valence-corrected chi connectivity index (χ2v) is 4.63. The fraction of sp³-hybridized carbons (Fsp3) is 0.385. The summed E-state index contributed by atoms with van der Waals surface area (Å²) in [5.41, 5.74) is 7.66. The summed E-state index contributed by atoms with van der Waals surface area (Å²) in [6.07, 6.45) is 2.32. The number of hydrogen-bond donors (Lipinski definition) is 3. The number of aromatic nitrogens is 2. The average Bonchev–Trinajstić information content (AvgIpc) is 2.41. The number of nitrogen functional groups attached to an aromatic ring is 1. The largest absolute Gasteiger partial charge is 0.381 e. The third-order valence-electron chi connectivity index (χ3n) is 3.24. The van der Waals surface area contributed by atoms with Crippen LogP contribution in [0.5, 0.6) is 0 Å². The Morgan fingerprint density at radius 2 is 1.95 bits per heavy atom. The van der Waals surface area contributed by atoms with Crippen molar-refractivity contribution in [2.75, 3.05) is 24.1 Å². The van der Waals surface area contributed by atoms with Crippen LogP contribution < -0.4 is 16.4 Å². The van der Waals surface area contributed by atoms with Crippen molar-refractivity contribution in [1.29, 1.82) is 0 Å². The predicted molar refractivity (Wildman–Crippen MR) is 80.7 cm³/mol. The summed E-state index contributed by atoms with van der Waals surface area (Å²) in [7, 11) is 0. The Morgan fingerprint density at radius 3 is 2.63 bits per heavy atom. The quantitative estimate of drug-likeness (QED) is 0.781. The first kappa shape index (κ1) is 13.8. The maximum absolute atomic E-state index is 5.95. The minimum atomic E-state index is 0. The number of halogens is 1. The van der Waals surface area contributed by atoms with Crippen LogP contribution in [0.3, 0.4) is 0 Å². The van der Waals surface area contributed by atoms with Crippen LogP contribution in [0.25, 0.3) is 11.0 Å². The zero-order chi connectivity index (χ0) is 12.4. The molecule has 1 unspecified atom stereocenters. The summed E-state index contributed by atoms with van der Waals surface area (Å²) in [5, 5.41) is 6.74. The van der Waals surface area contributed by atoms with Gasteiger partial charge in [0.1, 0.15) is 0 Å². The Morgan fingerprint density at radius 1 is 1.21 bits per heavy atom. The van der Waals surface area contributed by atoms with Gasteiger partial charge in [-0.15, -0.1) is 12.4 Å². The molecule has 0 aliphatic carbocycles. The van der Waals surface area contributed by atoms with Gasteiger partial charge in [-0.05, 0) is 31.5 Å². The second-order valence-electron chi connectivity index (χ2n) is 4.63. The normalized spacial score (nSPS) is 18.8. The minimum Gasteiger partial charge on any atom is -0.381 e. The molecule has 2 heterocycles. The first-order chi connectivity index (χ1) is 8.83. The summed E-state index contributed by atoms with van der Waals surface area (Å²) in [6, 6.07) is 8.15. The molecule has 1 atom stereocenters. The molecular formula is C13H18ClN5. The van der Waals surface area contributed by atoms with E-state index in [0.29, 0.717) is 17.7 Å². The number of hydrogen-bond acceptors (Lipinski definition) is 5. The van der Waals surface area contributed by atoms with Crippen molar-refractivity contribution >= 4 is 35.1 Å². The molecule has 102 valence electrons. The number of nitrogens with one attached hydrogen (secondary N) is 2. The van der Waals surface area contributed by atoms with Gasteiger partial charge in [0.2, 0.25) is 0 Å². The highest BCUT2D eigenvalue weighted by atomic mass is 35.5. The molecule has 4 N–H and O–H groups in total. The van der Waals surface area contributed by atoms with E-state index < -0.39 is 0 Å². The Bertz CT molecular complexity index is 554. The zero-order valence-corrected chi connectivity index (χ0v) is 11.4. The highest BCUT2D eigenvalue weighted by Gasteiger charge is 2.15. The maximum Gasteiger partial charge on any atom is 0.169 e. The number of piperidine rings is 1. The molecule has 6 heteroatoms. The van der Waals surface area contributed by atoms with E-state index >= 15 is 0 Å². The second kappa shape index (κ2) is 6.04. The molecule has 1 fully saturated rings. The van der Waals surface area contributed by atoms with Crippen molar-refractivity contribution < 1.29 is 0 Å². The van der Waals surface area contributed by atoms with Crippen molar-refractivity contribution in [3.8, 4) is 0 Å². The van der Waals surface area contributed by atoms with Crippen molar-refractivity contribution in [2.24, 2.45) is 0 Å². The van der Waals surface area contributed by atoms with Crippen LogP contribution in [0, 0.1) is 0 Å². The highest BCUT2D eigenvalue weighted by Crippen LogP contribution is 2.20. The van der Waals surface area contributed by atoms with E-state index in [1.54, 1.807) is 0 Å². The number of para-hydroxylation sites is 2. The Kier molecular flexibility index (Phi) is 4.39. The molecular weight excluding hydrogens is 262 g/mol. The van der Waals surface area contributed by atoms with Crippen LogP contribution in [0.4, 0.5) is 11.6 Å². The number of nitrogens with two attached hydrogens (primary N) is 1. The predicted octanol–water partition coefficient (Wildman–Crippen LogP) is 1.80. The first-order valence-electron chi connectivity index (χ1n) is 6.32. The molecule has 3 rings (SSSR count). The van der Waals surface area contributed by atoms with Gasteiger partial charge in [0.05, 0.1) is 11.0 Å². The number of anilines is 2. The first-order valence-corrected chi connectivity index (χ1v) is 6.32. The van der Waals surface area contributed by atoms with E-state index in [1.807, 2.05) is 24.3 Å². The molecule has 19 heavy (non-hydrogen) atoms. The summed E-state index contributed by atoms with van der Waals surface area (Å²) in [5.74, 6) is 1.17. The molecule has 1 aliphatic heterocycles. The molecule has 0 spiro atoms. The monoisotopic (exact) mass is 279 g/mol. The highest BCUT2D eigenvalue weighted by molar-refractivity contribution is 5.85. The fourth-order valence-corrected chi connectivity index (χ4v) is 2.29. The Balaban J connectivity index is 0.00000133. The summed E-state index contributed by atoms with van der Waals surface area (Å²) in [4.78, 5) is 8.92. The van der Waals surface area contributed by atoms with Gasteiger partial charge in [-0.25, -0.2) is 9.97 Å². The lowest BCUT2D eigenvalue weighted by Crippen LogP contribution is -2.38. The summed E-state index contributed by atoms with van der Waals surface area (Å²) < 4.78 is 0. The van der Waals surface area contributed by atoms with Crippen LogP contribution in [0.2, 0.25) is 0 Å². The Hall–Kier alpha value is -1.59. The standard InChI is InChI=1S/C13H17N5.ClH/c14-12-13(16-9-4-3-7-15-8-9)18-11-6-2-1-5-10(11)17-12;/h1-2,5-6,9,15H,3-4,7-8H2,(H2,14,17)(H,16,18);1H. The van der Waals surface area contributed by atoms with Gasteiger partial charge in [0.25, 0.3) is 0 Å². The van der Waals surface area contributed by atoms with Gasteiger partial charge < -0.3 is 16.4 Å². The van der Waals surface area contributed by atoms with Crippen LogP contribution >= 0.6 is 12.4 Å². The third kappa shape index (κ3) is 3.05. The van der Waals surface area contributed by atoms with Gasteiger partial charge in [-0.1, -0.05) is 12.1 Å². The number of nitrogens with zero attached hydrogens (tertiary/aromatic N) is 2.